The first kappa shape index (κ1) is 15.7. The molecule has 0 spiro atoms. The van der Waals surface area contributed by atoms with Gasteiger partial charge in [0, 0.05) is 17.1 Å². The highest BCUT2D eigenvalue weighted by molar-refractivity contribution is 9.10. The van der Waals surface area contributed by atoms with E-state index in [0.29, 0.717) is 11.1 Å². The maximum Gasteiger partial charge on any atom is 0.185 e. The third kappa shape index (κ3) is 4.37. The molecule has 0 aliphatic carbocycles. The average Bonchev–Trinajstić information content (AvgIpc) is 2.35. The molecule has 18 heavy (non-hydrogen) atoms. The molecule has 0 aromatic heterocycles. The van der Waals surface area contributed by atoms with Crippen LogP contribution in [0, 0.1) is 0 Å². The fraction of sp³-hybridized carbons (Fsp3) is 0.417. The van der Waals surface area contributed by atoms with E-state index < -0.39 is 12.2 Å². The number of carbonyl (C=O) groups excluding carboxylic acids is 1. The van der Waals surface area contributed by atoms with Crippen LogP contribution in [-0.4, -0.2) is 32.3 Å². The van der Waals surface area contributed by atoms with E-state index in [1.807, 2.05) is 0 Å². The molecule has 4 nitrogen and oxygen atoms in total. The first-order valence-corrected chi connectivity index (χ1v) is 7.12. The number of halogens is 1. The van der Waals surface area contributed by atoms with Crippen LogP contribution in [0.5, 0.6) is 0 Å². The van der Waals surface area contributed by atoms with Crippen LogP contribution < -0.4 is 0 Å². The van der Waals surface area contributed by atoms with Gasteiger partial charge in [-0.25, -0.2) is 0 Å². The van der Waals surface area contributed by atoms with Gasteiger partial charge in [-0.05, 0) is 23.3 Å². The van der Waals surface area contributed by atoms with Gasteiger partial charge < -0.3 is 15.3 Å². The van der Waals surface area contributed by atoms with Crippen molar-refractivity contribution in [3.8, 4) is 0 Å². The van der Waals surface area contributed by atoms with Crippen molar-refractivity contribution in [3.63, 3.8) is 0 Å². The van der Waals surface area contributed by atoms with Crippen LogP contribution in [0.2, 0.25) is 0 Å². The summed E-state index contributed by atoms with van der Waals surface area (Å²) in [7, 11) is 0. The Hall–Kier alpha value is -0.400. The summed E-state index contributed by atoms with van der Waals surface area (Å²) in [4.78, 5) is 10.8. The minimum atomic E-state index is -1.07. The number of thioether (sulfide) groups is 1. The number of hydrogen-bond donors (Lipinski definition) is 3. The van der Waals surface area contributed by atoms with E-state index in [1.165, 1.54) is 6.92 Å². The van der Waals surface area contributed by atoms with E-state index in [1.54, 1.807) is 18.2 Å². The Bertz CT molecular complexity index is 425. The highest BCUT2D eigenvalue weighted by Crippen LogP contribution is 2.25. The lowest BCUT2D eigenvalue weighted by Gasteiger charge is -2.18. The third-order valence-electron chi connectivity index (χ3n) is 2.40. The Labute approximate surface area is 118 Å². The van der Waals surface area contributed by atoms with E-state index in [0.717, 1.165) is 16.2 Å². The minimum absolute atomic E-state index is 0.104. The molecule has 0 aliphatic heterocycles. The smallest absolute Gasteiger partial charge is 0.185 e. The SMILES string of the molecule is CC(=O)SCC(O)C(O)c1ccc(Br)c(CO)c1. The molecule has 0 amide bonds. The van der Waals surface area contributed by atoms with Crippen LogP contribution in [0.4, 0.5) is 0 Å². The van der Waals surface area contributed by atoms with Gasteiger partial charge in [0.2, 0.25) is 0 Å². The molecule has 6 heteroatoms. The maximum absolute atomic E-state index is 10.8. The summed E-state index contributed by atoms with van der Waals surface area (Å²) in [5.74, 6) is 0.140. The standard InChI is InChI=1S/C12H15BrO4S/c1-7(15)18-6-11(16)12(17)8-2-3-10(13)9(4-8)5-14/h2-4,11-12,14,16-17H,5-6H2,1H3. The van der Waals surface area contributed by atoms with Crippen LogP contribution in [0.15, 0.2) is 22.7 Å². The fourth-order valence-electron chi connectivity index (χ4n) is 1.42. The van der Waals surface area contributed by atoms with Crippen LogP contribution in [0.25, 0.3) is 0 Å². The number of carbonyl (C=O) groups is 1. The van der Waals surface area contributed by atoms with Crippen LogP contribution >= 0.6 is 27.7 Å². The molecular weight excluding hydrogens is 320 g/mol. The zero-order chi connectivity index (χ0) is 13.7. The molecule has 1 aromatic rings. The van der Waals surface area contributed by atoms with Crippen LogP contribution in [0.3, 0.4) is 0 Å². The van der Waals surface area contributed by atoms with Crippen molar-refractivity contribution in [2.75, 3.05) is 5.75 Å². The first-order chi connectivity index (χ1) is 8.45. The average molecular weight is 335 g/mol. The van der Waals surface area contributed by atoms with Crippen molar-refractivity contribution in [2.24, 2.45) is 0 Å². The lowest BCUT2D eigenvalue weighted by molar-refractivity contribution is -0.109. The summed E-state index contributed by atoms with van der Waals surface area (Å²) >= 11 is 4.24. The van der Waals surface area contributed by atoms with E-state index in [9.17, 15) is 15.0 Å². The van der Waals surface area contributed by atoms with Crippen molar-refractivity contribution in [2.45, 2.75) is 25.7 Å². The topological polar surface area (TPSA) is 77.8 Å². The second-order valence-electron chi connectivity index (χ2n) is 3.82. The van der Waals surface area contributed by atoms with Crippen molar-refractivity contribution in [1.29, 1.82) is 0 Å². The Balaban J connectivity index is 2.76. The molecule has 0 heterocycles. The predicted molar refractivity (Wildman–Crippen MR) is 74.2 cm³/mol. The van der Waals surface area contributed by atoms with Gasteiger partial charge in [0.15, 0.2) is 5.12 Å². The summed E-state index contributed by atoms with van der Waals surface area (Å²) in [5, 5.41) is 28.7. The van der Waals surface area contributed by atoms with Crippen molar-refractivity contribution in [1.82, 2.24) is 0 Å². The summed E-state index contributed by atoms with van der Waals surface area (Å²) in [5.41, 5.74) is 1.15. The Morgan fingerprint density at radius 3 is 2.67 bits per heavy atom. The molecule has 0 aliphatic rings. The summed E-state index contributed by atoms with van der Waals surface area (Å²) in [6.45, 7) is 1.26. The van der Waals surface area contributed by atoms with Gasteiger partial charge in [0.25, 0.3) is 0 Å². The summed E-state index contributed by atoms with van der Waals surface area (Å²) in [6.07, 6.45) is -2.10. The number of rotatable bonds is 5. The van der Waals surface area contributed by atoms with E-state index >= 15 is 0 Å². The number of hydrogen-bond acceptors (Lipinski definition) is 5. The molecule has 3 N–H and O–H groups in total. The van der Waals surface area contributed by atoms with Crippen molar-refractivity contribution >= 4 is 32.8 Å². The molecule has 100 valence electrons. The first-order valence-electron chi connectivity index (χ1n) is 5.34. The molecular formula is C12H15BrO4S. The lowest BCUT2D eigenvalue weighted by Crippen LogP contribution is -2.21. The number of benzene rings is 1. The molecule has 2 atom stereocenters. The largest absolute Gasteiger partial charge is 0.392 e. The third-order valence-corrected chi connectivity index (χ3v) is 4.09. The molecule has 2 unspecified atom stereocenters. The predicted octanol–water partition coefficient (Wildman–Crippen LogP) is 1.62. The summed E-state index contributed by atoms with van der Waals surface area (Å²) < 4.78 is 0.744. The van der Waals surface area contributed by atoms with Gasteiger partial charge >= 0.3 is 0 Å². The van der Waals surface area contributed by atoms with Gasteiger partial charge in [-0.15, -0.1) is 0 Å². The van der Waals surface area contributed by atoms with Gasteiger partial charge in [0.05, 0.1) is 12.7 Å². The number of aliphatic hydroxyl groups is 3. The fourth-order valence-corrected chi connectivity index (χ4v) is 2.38. The van der Waals surface area contributed by atoms with Gasteiger partial charge in [0.1, 0.15) is 6.10 Å². The van der Waals surface area contributed by atoms with Crippen molar-refractivity contribution in [3.05, 3.63) is 33.8 Å². The maximum atomic E-state index is 10.8. The second-order valence-corrected chi connectivity index (χ2v) is 5.87. The summed E-state index contributed by atoms with van der Waals surface area (Å²) in [6, 6.07) is 4.99. The monoisotopic (exact) mass is 334 g/mol. The van der Waals surface area contributed by atoms with Crippen LogP contribution in [-0.2, 0) is 11.4 Å². The highest BCUT2D eigenvalue weighted by atomic mass is 79.9. The quantitative estimate of drug-likeness (QED) is 0.762. The van der Waals surface area contributed by atoms with Gasteiger partial charge in [-0.2, -0.15) is 0 Å². The normalized spacial score (nSPS) is 14.3. The Morgan fingerprint density at radius 2 is 2.11 bits per heavy atom. The zero-order valence-electron chi connectivity index (χ0n) is 9.84. The molecule has 0 saturated heterocycles. The van der Waals surface area contributed by atoms with Gasteiger partial charge in [-0.3, -0.25) is 4.79 Å². The molecule has 1 rings (SSSR count). The van der Waals surface area contributed by atoms with Crippen molar-refractivity contribution < 1.29 is 20.1 Å². The van der Waals surface area contributed by atoms with E-state index in [4.69, 9.17) is 5.11 Å². The Kier molecular flexibility index (Phi) is 6.31. The minimum Gasteiger partial charge on any atom is -0.392 e. The van der Waals surface area contributed by atoms with Crippen LogP contribution in [0.1, 0.15) is 24.2 Å². The van der Waals surface area contributed by atoms with E-state index in [2.05, 4.69) is 15.9 Å². The number of aliphatic hydroxyl groups excluding tert-OH is 3. The molecule has 0 radical (unpaired) electrons. The Morgan fingerprint density at radius 1 is 1.44 bits per heavy atom. The molecule has 0 saturated carbocycles. The molecule has 0 bridgehead atoms. The second kappa shape index (κ2) is 7.25. The zero-order valence-corrected chi connectivity index (χ0v) is 12.2. The van der Waals surface area contributed by atoms with Gasteiger partial charge in [-0.1, -0.05) is 33.8 Å². The van der Waals surface area contributed by atoms with E-state index in [-0.39, 0.29) is 17.5 Å². The molecule has 0 fully saturated rings. The highest BCUT2D eigenvalue weighted by Gasteiger charge is 2.19. The molecule has 1 aromatic carbocycles. The lowest BCUT2D eigenvalue weighted by atomic mass is 10.0.